The third-order valence-corrected chi connectivity index (χ3v) is 4.82. The van der Waals surface area contributed by atoms with Crippen molar-refractivity contribution >= 4 is 12.0 Å². The van der Waals surface area contributed by atoms with E-state index < -0.39 is 0 Å². The van der Waals surface area contributed by atoms with E-state index in [-0.39, 0.29) is 24.4 Å². The predicted molar refractivity (Wildman–Crippen MR) is 90.1 cm³/mol. The minimum Gasteiger partial charge on any atom is -0.488 e. The van der Waals surface area contributed by atoms with Gasteiger partial charge in [0.2, 0.25) is 0 Å². The Morgan fingerprint density at radius 1 is 1.25 bits per heavy atom. The summed E-state index contributed by atoms with van der Waals surface area (Å²) in [4.78, 5) is 14.8. The average molecular weight is 323 g/mol. The van der Waals surface area contributed by atoms with E-state index in [0.717, 1.165) is 28.9 Å². The molecule has 2 aromatic carbocycles. The van der Waals surface area contributed by atoms with Crippen molar-refractivity contribution in [2.24, 2.45) is 0 Å². The molecule has 2 aromatic rings. The zero-order valence-corrected chi connectivity index (χ0v) is 13.5. The summed E-state index contributed by atoms with van der Waals surface area (Å²) < 4.78 is 19.3. The molecule has 0 spiro atoms. The maximum atomic E-state index is 13.6. The molecule has 0 N–H and O–H groups in total. The Morgan fingerprint density at radius 3 is 2.96 bits per heavy atom. The molecule has 0 fully saturated rings. The van der Waals surface area contributed by atoms with Gasteiger partial charge < -0.3 is 9.64 Å². The number of halogens is 1. The van der Waals surface area contributed by atoms with Gasteiger partial charge in [0.15, 0.2) is 0 Å². The number of hydrogen-bond donors (Lipinski definition) is 0. The van der Waals surface area contributed by atoms with E-state index in [0.29, 0.717) is 12.1 Å². The standard InChI is InChI=1S/C20H18FNO2/c1-13-18-11-17(21)7-6-14(18)8-9-22(13)20(23)16-10-15-4-2-3-5-19(15)24-12-16/h2-7,10-11,13H,8-9,12H2,1H3. The van der Waals surface area contributed by atoms with Gasteiger partial charge in [-0.15, -0.1) is 0 Å². The van der Waals surface area contributed by atoms with E-state index in [1.165, 1.54) is 6.07 Å². The summed E-state index contributed by atoms with van der Waals surface area (Å²) in [7, 11) is 0. The highest BCUT2D eigenvalue weighted by Gasteiger charge is 2.30. The zero-order valence-electron chi connectivity index (χ0n) is 13.5. The molecule has 122 valence electrons. The van der Waals surface area contributed by atoms with Gasteiger partial charge in [-0.1, -0.05) is 24.3 Å². The van der Waals surface area contributed by atoms with Crippen molar-refractivity contribution in [3.63, 3.8) is 0 Å². The van der Waals surface area contributed by atoms with Crippen LogP contribution in [0.25, 0.3) is 6.08 Å². The quantitative estimate of drug-likeness (QED) is 0.800. The lowest BCUT2D eigenvalue weighted by molar-refractivity contribution is -0.129. The molecule has 4 rings (SSSR count). The topological polar surface area (TPSA) is 29.5 Å². The fraction of sp³-hybridized carbons (Fsp3) is 0.250. The monoisotopic (exact) mass is 323 g/mol. The van der Waals surface area contributed by atoms with Crippen LogP contribution in [0.1, 0.15) is 29.7 Å². The smallest absolute Gasteiger partial charge is 0.253 e. The minimum atomic E-state index is -0.260. The number of carbonyl (C=O) groups excluding carboxylic acids is 1. The lowest BCUT2D eigenvalue weighted by atomic mass is 9.92. The van der Waals surface area contributed by atoms with Gasteiger partial charge in [0.1, 0.15) is 18.2 Å². The molecule has 0 saturated heterocycles. The highest BCUT2D eigenvalue weighted by Crippen LogP contribution is 2.33. The summed E-state index contributed by atoms with van der Waals surface area (Å²) in [6.07, 6.45) is 2.64. The zero-order chi connectivity index (χ0) is 16.7. The Balaban J connectivity index is 1.63. The number of amides is 1. The molecule has 0 aliphatic carbocycles. The molecule has 2 aliphatic rings. The molecular formula is C20H18FNO2. The number of nitrogens with zero attached hydrogens (tertiary/aromatic N) is 1. The van der Waals surface area contributed by atoms with Crippen molar-refractivity contribution in [2.45, 2.75) is 19.4 Å². The molecular weight excluding hydrogens is 305 g/mol. The highest BCUT2D eigenvalue weighted by molar-refractivity contribution is 5.99. The van der Waals surface area contributed by atoms with Crippen LogP contribution in [0.4, 0.5) is 4.39 Å². The second-order valence-electron chi connectivity index (χ2n) is 6.26. The van der Waals surface area contributed by atoms with Crippen molar-refractivity contribution in [2.75, 3.05) is 13.2 Å². The molecule has 3 nitrogen and oxygen atoms in total. The second-order valence-corrected chi connectivity index (χ2v) is 6.26. The van der Waals surface area contributed by atoms with Crippen LogP contribution in [0, 0.1) is 5.82 Å². The molecule has 4 heteroatoms. The first kappa shape index (κ1) is 14.9. The maximum Gasteiger partial charge on any atom is 0.253 e. The summed E-state index contributed by atoms with van der Waals surface area (Å²) in [5, 5.41) is 0. The fourth-order valence-corrected chi connectivity index (χ4v) is 3.49. The van der Waals surface area contributed by atoms with E-state index in [9.17, 15) is 9.18 Å². The van der Waals surface area contributed by atoms with E-state index in [1.54, 1.807) is 6.07 Å². The summed E-state index contributed by atoms with van der Waals surface area (Å²) in [6.45, 7) is 2.86. The Labute approximate surface area is 140 Å². The first-order valence-electron chi connectivity index (χ1n) is 8.15. The van der Waals surface area contributed by atoms with Gasteiger partial charge >= 0.3 is 0 Å². The molecule has 0 aromatic heterocycles. The molecule has 2 aliphatic heterocycles. The number of para-hydroxylation sites is 1. The minimum absolute atomic E-state index is 0.0353. The van der Waals surface area contributed by atoms with Gasteiger partial charge in [0.05, 0.1) is 11.6 Å². The van der Waals surface area contributed by atoms with Crippen LogP contribution in [0.2, 0.25) is 0 Å². The summed E-state index contributed by atoms with van der Waals surface area (Å²) in [5.74, 6) is 0.504. The molecule has 1 amide bonds. The number of hydrogen-bond acceptors (Lipinski definition) is 2. The Morgan fingerprint density at radius 2 is 2.08 bits per heavy atom. The van der Waals surface area contributed by atoms with Gasteiger partial charge in [-0.25, -0.2) is 4.39 Å². The molecule has 0 bridgehead atoms. The van der Waals surface area contributed by atoms with Gasteiger partial charge in [-0.05, 0) is 48.7 Å². The first-order chi connectivity index (χ1) is 11.6. The third-order valence-electron chi connectivity index (χ3n) is 4.82. The first-order valence-corrected chi connectivity index (χ1v) is 8.15. The normalized spacial score (nSPS) is 19.0. The van der Waals surface area contributed by atoms with Gasteiger partial charge in [-0.2, -0.15) is 0 Å². The van der Waals surface area contributed by atoms with Crippen molar-refractivity contribution in [3.05, 3.63) is 70.5 Å². The molecule has 1 unspecified atom stereocenters. The Kier molecular flexibility index (Phi) is 3.60. The number of rotatable bonds is 1. The lowest BCUT2D eigenvalue weighted by Crippen LogP contribution is -2.40. The SMILES string of the molecule is CC1c2cc(F)ccc2CCN1C(=O)C1=Cc2ccccc2OC1. The van der Waals surface area contributed by atoms with E-state index >= 15 is 0 Å². The average Bonchev–Trinajstić information content (AvgIpc) is 2.61. The van der Waals surface area contributed by atoms with Crippen LogP contribution in [0.3, 0.4) is 0 Å². The van der Waals surface area contributed by atoms with Crippen LogP contribution in [-0.4, -0.2) is 24.0 Å². The van der Waals surface area contributed by atoms with Crippen molar-refractivity contribution < 1.29 is 13.9 Å². The van der Waals surface area contributed by atoms with Crippen LogP contribution in [0.5, 0.6) is 5.75 Å². The molecule has 1 atom stereocenters. The number of ether oxygens (including phenoxy) is 1. The van der Waals surface area contributed by atoms with Gasteiger partial charge in [0.25, 0.3) is 5.91 Å². The van der Waals surface area contributed by atoms with Gasteiger partial charge in [-0.3, -0.25) is 4.79 Å². The molecule has 2 heterocycles. The van der Waals surface area contributed by atoms with Crippen LogP contribution >= 0.6 is 0 Å². The van der Waals surface area contributed by atoms with Crippen LogP contribution in [-0.2, 0) is 11.2 Å². The Bertz CT molecular complexity index is 843. The van der Waals surface area contributed by atoms with Crippen molar-refractivity contribution in [3.8, 4) is 5.75 Å². The summed E-state index contributed by atoms with van der Waals surface area (Å²) >= 11 is 0. The maximum absolute atomic E-state index is 13.6. The van der Waals surface area contributed by atoms with Crippen LogP contribution in [0.15, 0.2) is 48.0 Å². The van der Waals surface area contributed by atoms with Crippen molar-refractivity contribution in [1.29, 1.82) is 0 Å². The van der Waals surface area contributed by atoms with Gasteiger partial charge in [0, 0.05) is 12.1 Å². The predicted octanol–water partition coefficient (Wildman–Crippen LogP) is 3.75. The van der Waals surface area contributed by atoms with E-state index in [1.807, 2.05) is 48.2 Å². The largest absolute Gasteiger partial charge is 0.488 e. The molecule has 24 heavy (non-hydrogen) atoms. The Hall–Kier alpha value is -2.62. The highest BCUT2D eigenvalue weighted by atomic mass is 19.1. The number of fused-ring (bicyclic) bond motifs is 2. The summed E-state index contributed by atoms with van der Waals surface area (Å²) in [6, 6.07) is 12.4. The summed E-state index contributed by atoms with van der Waals surface area (Å²) in [5.41, 5.74) is 3.57. The van der Waals surface area contributed by atoms with E-state index in [4.69, 9.17) is 4.74 Å². The van der Waals surface area contributed by atoms with Crippen molar-refractivity contribution in [1.82, 2.24) is 4.90 Å². The second kappa shape index (κ2) is 5.78. The lowest BCUT2D eigenvalue weighted by Gasteiger charge is -2.36. The van der Waals surface area contributed by atoms with Crippen LogP contribution < -0.4 is 4.74 Å². The molecule has 0 radical (unpaired) electrons. The van der Waals surface area contributed by atoms with E-state index in [2.05, 4.69) is 0 Å². The molecule has 0 saturated carbocycles. The number of benzene rings is 2. The fourth-order valence-electron chi connectivity index (χ4n) is 3.49. The number of carbonyl (C=O) groups is 1. The third kappa shape index (κ3) is 2.48.